The molecule has 0 unspecified atom stereocenters. The molecular weight excluding hydrogens is 288 g/mol. The van der Waals surface area contributed by atoms with E-state index in [1.54, 1.807) is 7.11 Å². The molecule has 0 radical (unpaired) electrons. The van der Waals surface area contributed by atoms with E-state index in [4.69, 9.17) is 4.74 Å². The van der Waals surface area contributed by atoms with Gasteiger partial charge in [-0.05, 0) is 47.9 Å². The first kappa shape index (κ1) is 16.3. The highest BCUT2D eigenvalue weighted by Gasteiger charge is 2.42. The Morgan fingerprint density at radius 1 is 1.33 bits per heavy atom. The van der Waals surface area contributed by atoms with Gasteiger partial charge in [0.25, 0.3) is 5.91 Å². The Bertz CT molecular complexity index is 515. The molecule has 116 valence electrons. The maximum atomic E-state index is 12.2. The number of carbonyl (C=O) groups excluding carboxylic acids is 1. The second-order valence-electron chi connectivity index (χ2n) is 6.01. The number of carbonyl (C=O) groups is 1. The standard InChI is InChI=1S/C16H22N2O2.ClH/c1-20-7-6-16(4-5-16)11-18-15(19)12-2-3-13-9-17-10-14(13)8-12;/h2-3,8,17H,4-7,9-11H2,1H3,(H,18,19);1H. The lowest BCUT2D eigenvalue weighted by Gasteiger charge is -2.15. The van der Waals surface area contributed by atoms with E-state index in [9.17, 15) is 4.79 Å². The van der Waals surface area contributed by atoms with Crippen molar-refractivity contribution < 1.29 is 9.53 Å². The molecule has 5 heteroatoms. The summed E-state index contributed by atoms with van der Waals surface area (Å²) in [6.45, 7) is 3.33. The number of amides is 1. The second kappa shape index (κ2) is 6.77. The topological polar surface area (TPSA) is 50.4 Å². The van der Waals surface area contributed by atoms with Gasteiger partial charge < -0.3 is 15.4 Å². The number of ether oxygens (including phenoxy) is 1. The first-order valence-electron chi connectivity index (χ1n) is 7.32. The molecule has 0 bridgehead atoms. The normalized spacial score (nSPS) is 17.8. The number of methoxy groups -OCH3 is 1. The third kappa shape index (κ3) is 3.76. The van der Waals surface area contributed by atoms with Crippen molar-refractivity contribution >= 4 is 18.3 Å². The van der Waals surface area contributed by atoms with E-state index < -0.39 is 0 Å². The number of hydrogen-bond acceptors (Lipinski definition) is 3. The van der Waals surface area contributed by atoms with Gasteiger partial charge in [-0.1, -0.05) is 6.07 Å². The zero-order valence-corrected chi connectivity index (χ0v) is 13.2. The Morgan fingerprint density at radius 3 is 2.81 bits per heavy atom. The van der Waals surface area contributed by atoms with E-state index in [1.807, 2.05) is 12.1 Å². The molecule has 2 aliphatic rings. The Kier molecular flexibility index (Phi) is 5.25. The zero-order chi connectivity index (χ0) is 14.0. The van der Waals surface area contributed by atoms with Crippen molar-refractivity contribution in [3.05, 3.63) is 34.9 Å². The van der Waals surface area contributed by atoms with Crippen LogP contribution in [0.25, 0.3) is 0 Å². The Labute approximate surface area is 132 Å². The van der Waals surface area contributed by atoms with Gasteiger partial charge in [0.15, 0.2) is 0 Å². The van der Waals surface area contributed by atoms with Gasteiger partial charge in [-0.15, -0.1) is 12.4 Å². The fraction of sp³-hybridized carbons (Fsp3) is 0.562. The Balaban J connectivity index is 0.00000161. The van der Waals surface area contributed by atoms with Gasteiger partial charge in [0.2, 0.25) is 0 Å². The molecule has 0 atom stereocenters. The summed E-state index contributed by atoms with van der Waals surface area (Å²) in [4.78, 5) is 12.2. The minimum Gasteiger partial charge on any atom is -0.385 e. The van der Waals surface area contributed by atoms with Crippen LogP contribution in [0.4, 0.5) is 0 Å². The van der Waals surface area contributed by atoms with Crippen LogP contribution >= 0.6 is 12.4 Å². The van der Waals surface area contributed by atoms with Crippen LogP contribution in [-0.2, 0) is 17.8 Å². The van der Waals surface area contributed by atoms with Gasteiger partial charge in [-0.2, -0.15) is 0 Å². The third-order valence-electron chi connectivity index (χ3n) is 4.52. The molecule has 4 nitrogen and oxygen atoms in total. The van der Waals surface area contributed by atoms with Crippen molar-refractivity contribution in [1.29, 1.82) is 0 Å². The van der Waals surface area contributed by atoms with Crippen LogP contribution < -0.4 is 10.6 Å². The fourth-order valence-electron chi connectivity index (χ4n) is 2.82. The largest absolute Gasteiger partial charge is 0.385 e. The van der Waals surface area contributed by atoms with Gasteiger partial charge in [0, 0.05) is 38.9 Å². The highest BCUT2D eigenvalue weighted by molar-refractivity contribution is 5.94. The van der Waals surface area contributed by atoms with E-state index in [1.165, 1.54) is 24.0 Å². The minimum atomic E-state index is 0. The van der Waals surface area contributed by atoms with Crippen molar-refractivity contribution in [2.24, 2.45) is 5.41 Å². The van der Waals surface area contributed by atoms with Crippen molar-refractivity contribution in [2.45, 2.75) is 32.4 Å². The second-order valence-corrected chi connectivity index (χ2v) is 6.01. The summed E-state index contributed by atoms with van der Waals surface area (Å²) in [5.41, 5.74) is 3.62. The molecule has 21 heavy (non-hydrogen) atoms. The minimum absolute atomic E-state index is 0. The van der Waals surface area contributed by atoms with Crippen LogP contribution in [0.5, 0.6) is 0 Å². The molecule has 1 amide bonds. The summed E-state index contributed by atoms with van der Waals surface area (Å²) < 4.78 is 5.14. The first-order chi connectivity index (χ1) is 9.72. The number of rotatable bonds is 6. The van der Waals surface area contributed by atoms with Crippen molar-refractivity contribution in [2.75, 3.05) is 20.3 Å². The number of hydrogen-bond donors (Lipinski definition) is 2. The van der Waals surface area contributed by atoms with Crippen LogP contribution in [0.2, 0.25) is 0 Å². The first-order valence-corrected chi connectivity index (χ1v) is 7.32. The molecule has 0 aromatic heterocycles. The van der Waals surface area contributed by atoms with Gasteiger partial charge in [-0.25, -0.2) is 0 Å². The molecule has 1 aliphatic carbocycles. The van der Waals surface area contributed by atoms with Gasteiger partial charge in [0.1, 0.15) is 0 Å². The number of halogens is 1. The maximum absolute atomic E-state index is 12.2. The number of fused-ring (bicyclic) bond motifs is 1. The van der Waals surface area contributed by atoms with Gasteiger partial charge in [-0.3, -0.25) is 4.79 Å². The summed E-state index contributed by atoms with van der Waals surface area (Å²) in [7, 11) is 1.73. The van der Waals surface area contributed by atoms with E-state index in [0.717, 1.165) is 38.2 Å². The molecule has 2 N–H and O–H groups in total. The summed E-state index contributed by atoms with van der Waals surface area (Å²) in [6, 6.07) is 6.00. The molecule has 1 aromatic carbocycles. The van der Waals surface area contributed by atoms with E-state index in [-0.39, 0.29) is 18.3 Å². The molecule has 1 heterocycles. The van der Waals surface area contributed by atoms with Crippen molar-refractivity contribution in [1.82, 2.24) is 10.6 Å². The smallest absolute Gasteiger partial charge is 0.251 e. The predicted octanol–water partition coefficient (Wildman–Crippen LogP) is 2.26. The van der Waals surface area contributed by atoms with Crippen molar-refractivity contribution in [3.63, 3.8) is 0 Å². The number of nitrogens with one attached hydrogen (secondary N) is 2. The molecular formula is C16H23ClN2O2. The summed E-state index contributed by atoms with van der Waals surface area (Å²) in [6.07, 6.45) is 3.44. The van der Waals surface area contributed by atoms with E-state index in [0.29, 0.717) is 5.41 Å². The van der Waals surface area contributed by atoms with E-state index in [2.05, 4.69) is 16.7 Å². The lowest BCUT2D eigenvalue weighted by Crippen LogP contribution is -2.30. The van der Waals surface area contributed by atoms with Crippen LogP contribution in [0.1, 0.15) is 40.7 Å². The molecule has 1 aromatic rings. The zero-order valence-electron chi connectivity index (χ0n) is 12.4. The van der Waals surface area contributed by atoms with Crippen LogP contribution in [-0.4, -0.2) is 26.2 Å². The molecule has 1 saturated carbocycles. The summed E-state index contributed by atoms with van der Waals surface area (Å²) >= 11 is 0. The average molecular weight is 311 g/mol. The monoisotopic (exact) mass is 310 g/mol. The number of benzene rings is 1. The molecule has 0 saturated heterocycles. The molecule has 1 fully saturated rings. The average Bonchev–Trinajstić information content (AvgIpc) is 3.09. The SMILES string of the molecule is COCCC1(CNC(=O)c2ccc3c(c2)CNC3)CC1.Cl. The molecule has 3 rings (SSSR count). The Morgan fingerprint density at radius 2 is 2.10 bits per heavy atom. The third-order valence-corrected chi connectivity index (χ3v) is 4.52. The van der Waals surface area contributed by atoms with Gasteiger partial charge >= 0.3 is 0 Å². The Hall–Kier alpha value is -1.10. The van der Waals surface area contributed by atoms with Crippen LogP contribution in [0.15, 0.2) is 18.2 Å². The summed E-state index contributed by atoms with van der Waals surface area (Å²) in [5, 5.41) is 6.38. The fourth-order valence-corrected chi connectivity index (χ4v) is 2.82. The van der Waals surface area contributed by atoms with Gasteiger partial charge in [0.05, 0.1) is 0 Å². The predicted molar refractivity (Wildman–Crippen MR) is 84.7 cm³/mol. The lowest BCUT2D eigenvalue weighted by molar-refractivity contribution is 0.0938. The summed E-state index contributed by atoms with van der Waals surface area (Å²) in [5.74, 6) is 0.0448. The molecule has 0 spiro atoms. The van der Waals surface area contributed by atoms with Crippen LogP contribution in [0, 0.1) is 5.41 Å². The molecule has 1 aliphatic heterocycles. The quantitative estimate of drug-likeness (QED) is 0.847. The maximum Gasteiger partial charge on any atom is 0.251 e. The lowest BCUT2D eigenvalue weighted by atomic mass is 10.0. The highest BCUT2D eigenvalue weighted by Crippen LogP contribution is 2.48. The van der Waals surface area contributed by atoms with E-state index >= 15 is 0 Å². The van der Waals surface area contributed by atoms with Crippen molar-refractivity contribution in [3.8, 4) is 0 Å². The highest BCUT2D eigenvalue weighted by atomic mass is 35.5. The van der Waals surface area contributed by atoms with Crippen LogP contribution in [0.3, 0.4) is 0 Å².